The molecule has 142 valence electrons. The molecule has 2 heterocycles. The van der Waals surface area contributed by atoms with Gasteiger partial charge in [0.25, 0.3) is 0 Å². The maximum Gasteiger partial charge on any atom is 0.234 e. The number of fused-ring (bicyclic) bond motifs is 1. The molecule has 4 rings (SSSR count). The molecule has 2 aromatic carbocycles. The summed E-state index contributed by atoms with van der Waals surface area (Å²) in [6, 6.07) is 17.7. The molecule has 0 fully saturated rings. The van der Waals surface area contributed by atoms with E-state index in [4.69, 9.17) is 5.84 Å². The van der Waals surface area contributed by atoms with Crippen molar-refractivity contribution < 1.29 is 4.79 Å². The molecule has 7 nitrogen and oxygen atoms in total. The van der Waals surface area contributed by atoms with Crippen LogP contribution in [0.5, 0.6) is 0 Å². The van der Waals surface area contributed by atoms with E-state index in [1.807, 2.05) is 54.6 Å². The lowest BCUT2D eigenvalue weighted by Gasteiger charge is -2.06. The Kier molecular flexibility index (Phi) is 5.03. The van der Waals surface area contributed by atoms with Gasteiger partial charge in [-0.15, -0.1) is 10.2 Å². The van der Waals surface area contributed by atoms with Crippen LogP contribution in [-0.2, 0) is 11.2 Å². The van der Waals surface area contributed by atoms with Gasteiger partial charge in [-0.1, -0.05) is 49.0 Å². The number of aromatic amines is 1. The van der Waals surface area contributed by atoms with Gasteiger partial charge in [-0.25, -0.2) is 4.68 Å². The van der Waals surface area contributed by atoms with Crippen LogP contribution in [0, 0.1) is 0 Å². The summed E-state index contributed by atoms with van der Waals surface area (Å²) in [5.74, 6) is 6.74. The van der Waals surface area contributed by atoms with Crippen LogP contribution in [-0.4, -0.2) is 31.5 Å². The maximum atomic E-state index is 12.2. The summed E-state index contributed by atoms with van der Waals surface area (Å²) < 4.78 is 1.40. The van der Waals surface area contributed by atoms with Gasteiger partial charge >= 0.3 is 0 Å². The number of rotatable bonds is 6. The number of hydrogen-bond donors (Lipinski definition) is 3. The molecule has 28 heavy (non-hydrogen) atoms. The minimum atomic E-state index is -0.121. The van der Waals surface area contributed by atoms with Crippen LogP contribution in [0.1, 0.15) is 12.5 Å². The van der Waals surface area contributed by atoms with Crippen molar-refractivity contribution in [3.8, 4) is 11.5 Å². The highest BCUT2D eigenvalue weighted by atomic mass is 32.2. The fourth-order valence-corrected chi connectivity index (χ4v) is 3.56. The highest BCUT2D eigenvalue weighted by molar-refractivity contribution is 7.99. The van der Waals surface area contributed by atoms with Crippen LogP contribution in [0.15, 0.2) is 59.8 Å². The standard InChI is InChI=1S/C20H20N6OS/c1-2-13-7-9-15(10-8-13)22-18(27)12-28-20-25-24-19(26(20)21)17-11-14-5-3-4-6-16(14)23-17/h3-11,23H,2,12,21H2,1H3,(H,22,27). The summed E-state index contributed by atoms with van der Waals surface area (Å²) in [5.41, 5.74) is 3.79. The first-order chi connectivity index (χ1) is 13.6. The van der Waals surface area contributed by atoms with E-state index >= 15 is 0 Å². The lowest BCUT2D eigenvalue weighted by molar-refractivity contribution is -0.113. The number of nitrogens with zero attached hydrogens (tertiary/aromatic N) is 3. The maximum absolute atomic E-state index is 12.2. The van der Waals surface area contributed by atoms with Crippen molar-refractivity contribution in [2.45, 2.75) is 18.5 Å². The average molecular weight is 392 g/mol. The minimum absolute atomic E-state index is 0.121. The number of anilines is 1. The molecule has 0 aliphatic rings. The summed E-state index contributed by atoms with van der Waals surface area (Å²) in [6.07, 6.45) is 0.967. The van der Waals surface area contributed by atoms with Crippen LogP contribution in [0.4, 0.5) is 5.69 Å². The van der Waals surface area contributed by atoms with Gasteiger partial charge < -0.3 is 16.1 Å². The zero-order chi connectivity index (χ0) is 19.5. The summed E-state index contributed by atoms with van der Waals surface area (Å²) in [6.45, 7) is 2.09. The Morgan fingerprint density at radius 3 is 2.71 bits per heavy atom. The number of benzene rings is 2. The van der Waals surface area contributed by atoms with E-state index in [9.17, 15) is 4.79 Å². The Morgan fingerprint density at radius 1 is 1.18 bits per heavy atom. The largest absolute Gasteiger partial charge is 0.352 e. The second-order valence-electron chi connectivity index (χ2n) is 6.33. The second-order valence-corrected chi connectivity index (χ2v) is 7.28. The smallest absolute Gasteiger partial charge is 0.234 e. The molecule has 0 unspecified atom stereocenters. The van der Waals surface area contributed by atoms with Crippen molar-refractivity contribution in [1.29, 1.82) is 0 Å². The predicted molar refractivity (Wildman–Crippen MR) is 113 cm³/mol. The van der Waals surface area contributed by atoms with Gasteiger partial charge in [0.1, 0.15) is 0 Å². The Balaban J connectivity index is 1.42. The number of H-pyrrole nitrogens is 1. The third-order valence-corrected chi connectivity index (χ3v) is 5.36. The van der Waals surface area contributed by atoms with Gasteiger partial charge in [0.05, 0.1) is 11.4 Å². The van der Waals surface area contributed by atoms with Crippen LogP contribution in [0.3, 0.4) is 0 Å². The molecule has 0 spiro atoms. The van der Waals surface area contributed by atoms with Crippen LogP contribution in [0.2, 0.25) is 0 Å². The van der Waals surface area contributed by atoms with E-state index in [1.165, 1.54) is 22.0 Å². The normalized spacial score (nSPS) is 11.0. The number of nitrogens with one attached hydrogen (secondary N) is 2. The lowest BCUT2D eigenvalue weighted by Crippen LogP contribution is -2.16. The van der Waals surface area contributed by atoms with E-state index < -0.39 is 0 Å². The van der Waals surface area contributed by atoms with E-state index in [0.717, 1.165) is 28.7 Å². The second kappa shape index (κ2) is 7.77. The highest BCUT2D eigenvalue weighted by Crippen LogP contribution is 2.24. The van der Waals surface area contributed by atoms with E-state index in [1.54, 1.807) is 0 Å². The van der Waals surface area contributed by atoms with Gasteiger partial charge in [-0.05, 0) is 36.2 Å². The predicted octanol–water partition coefficient (Wildman–Crippen LogP) is 3.43. The Hall–Kier alpha value is -3.26. The quantitative estimate of drug-likeness (QED) is 0.345. The Bertz CT molecular complexity index is 1080. The molecule has 0 aliphatic carbocycles. The number of nitrogens with two attached hydrogens (primary N) is 1. The first-order valence-corrected chi connectivity index (χ1v) is 9.93. The summed E-state index contributed by atoms with van der Waals surface area (Å²) in [4.78, 5) is 15.5. The lowest BCUT2D eigenvalue weighted by atomic mass is 10.1. The number of amides is 1. The van der Waals surface area contributed by atoms with Crippen LogP contribution < -0.4 is 11.2 Å². The number of aromatic nitrogens is 4. The molecule has 2 aromatic heterocycles. The summed E-state index contributed by atoms with van der Waals surface area (Å²) >= 11 is 1.24. The van der Waals surface area contributed by atoms with Crippen LogP contribution in [0.25, 0.3) is 22.4 Å². The number of thioether (sulfide) groups is 1. The summed E-state index contributed by atoms with van der Waals surface area (Å²) in [5, 5.41) is 12.7. The molecule has 0 atom stereocenters. The van der Waals surface area contributed by atoms with Crippen molar-refractivity contribution >= 4 is 34.3 Å². The molecule has 0 radical (unpaired) electrons. The minimum Gasteiger partial charge on any atom is -0.352 e. The van der Waals surface area contributed by atoms with Crippen molar-refractivity contribution in [2.24, 2.45) is 0 Å². The fraction of sp³-hybridized carbons (Fsp3) is 0.150. The molecule has 4 aromatic rings. The SMILES string of the molecule is CCc1ccc(NC(=O)CSc2nnc(-c3cc4ccccc4[nH]3)n2N)cc1. The Morgan fingerprint density at radius 2 is 1.96 bits per heavy atom. The molecular weight excluding hydrogens is 372 g/mol. The topological polar surface area (TPSA) is 102 Å². The number of aryl methyl sites for hydroxylation is 1. The third-order valence-electron chi connectivity index (χ3n) is 4.41. The third kappa shape index (κ3) is 3.72. The van der Waals surface area contributed by atoms with Crippen molar-refractivity contribution in [2.75, 3.05) is 16.9 Å². The van der Waals surface area contributed by atoms with Gasteiger partial charge in [-0.3, -0.25) is 4.79 Å². The van der Waals surface area contributed by atoms with Gasteiger partial charge in [0.2, 0.25) is 11.1 Å². The van der Waals surface area contributed by atoms with E-state index in [0.29, 0.717) is 11.0 Å². The van der Waals surface area contributed by atoms with Gasteiger partial charge in [-0.2, -0.15) is 0 Å². The molecule has 4 N–H and O–H groups in total. The first-order valence-electron chi connectivity index (χ1n) is 8.94. The first kappa shape index (κ1) is 18.1. The molecule has 0 aliphatic heterocycles. The number of hydrogen-bond acceptors (Lipinski definition) is 5. The molecule has 0 bridgehead atoms. The van der Waals surface area contributed by atoms with Crippen molar-refractivity contribution in [1.82, 2.24) is 19.9 Å². The molecule has 8 heteroatoms. The van der Waals surface area contributed by atoms with E-state index in [-0.39, 0.29) is 11.7 Å². The zero-order valence-corrected chi connectivity index (χ0v) is 16.2. The van der Waals surface area contributed by atoms with Crippen molar-refractivity contribution in [3.63, 3.8) is 0 Å². The van der Waals surface area contributed by atoms with Gasteiger partial charge in [0.15, 0.2) is 5.82 Å². The molecule has 0 saturated carbocycles. The number of nitrogen functional groups attached to an aromatic ring is 1. The summed E-state index contributed by atoms with van der Waals surface area (Å²) in [7, 11) is 0. The average Bonchev–Trinajstić information content (AvgIpc) is 3.30. The molecular formula is C20H20N6OS. The Labute approximate surface area is 166 Å². The molecule has 0 saturated heterocycles. The molecule has 1 amide bonds. The monoisotopic (exact) mass is 392 g/mol. The highest BCUT2D eigenvalue weighted by Gasteiger charge is 2.15. The van der Waals surface area contributed by atoms with Crippen LogP contribution >= 0.6 is 11.8 Å². The fourth-order valence-electron chi connectivity index (χ4n) is 2.90. The zero-order valence-electron chi connectivity index (χ0n) is 15.3. The number of carbonyl (C=O) groups is 1. The van der Waals surface area contributed by atoms with Crippen molar-refractivity contribution in [3.05, 3.63) is 60.2 Å². The number of para-hydroxylation sites is 1. The van der Waals surface area contributed by atoms with E-state index in [2.05, 4.69) is 27.4 Å². The van der Waals surface area contributed by atoms with Gasteiger partial charge in [0, 0.05) is 16.6 Å². The number of carbonyl (C=O) groups excluding carboxylic acids is 1.